The fourth-order valence-corrected chi connectivity index (χ4v) is 3.06. The highest BCUT2D eigenvalue weighted by atomic mass is 16.5. The molecule has 2 aromatic rings. The maximum Gasteiger partial charge on any atom is 0.170 e. The van der Waals surface area contributed by atoms with Crippen molar-refractivity contribution in [2.45, 2.75) is 32.3 Å². The van der Waals surface area contributed by atoms with Gasteiger partial charge in [-0.3, -0.25) is 4.79 Å². The van der Waals surface area contributed by atoms with Crippen molar-refractivity contribution in [3.63, 3.8) is 0 Å². The van der Waals surface area contributed by atoms with Crippen LogP contribution in [-0.4, -0.2) is 25.6 Å². The maximum atomic E-state index is 13.0. The van der Waals surface area contributed by atoms with Gasteiger partial charge in [0.05, 0.1) is 14.2 Å². The zero-order valence-electron chi connectivity index (χ0n) is 15.8. The summed E-state index contributed by atoms with van der Waals surface area (Å²) in [4.78, 5) is 13.0. The van der Waals surface area contributed by atoms with Crippen LogP contribution in [0.5, 0.6) is 17.2 Å². The second-order valence-electron chi connectivity index (χ2n) is 6.99. The molecule has 1 heterocycles. The summed E-state index contributed by atoms with van der Waals surface area (Å²) >= 11 is 0. The summed E-state index contributed by atoms with van der Waals surface area (Å²) in [5.41, 5.74) is 2.15. The molecule has 0 fully saturated rings. The normalized spacial score (nSPS) is 15.6. The van der Waals surface area contributed by atoms with Gasteiger partial charge >= 0.3 is 0 Å². The zero-order chi connectivity index (χ0) is 18.9. The van der Waals surface area contributed by atoms with Crippen molar-refractivity contribution in [2.75, 3.05) is 14.2 Å². The number of hydrogen-bond acceptors (Lipinski definition) is 4. The molecule has 0 aliphatic carbocycles. The number of hydrogen-bond donors (Lipinski definition) is 0. The number of carbonyl (C=O) groups excluding carboxylic acids is 1. The lowest BCUT2D eigenvalue weighted by Crippen LogP contribution is -2.27. The molecule has 0 saturated heterocycles. The van der Waals surface area contributed by atoms with Crippen molar-refractivity contribution in [3.8, 4) is 17.2 Å². The Morgan fingerprint density at radius 3 is 2.46 bits per heavy atom. The number of Topliss-reactive ketones (excluding diaryl/α,β-unsaturated/α-hetero) is 1. The third-order valence-electron chi connectivity index (χ3n) is 4.63. The molecular formula is C22H24O4. The van der Waals surface area contributed by atoms with Gasteiger partial charge in [-0.15, -0.1) is 0 Å². The van der Waals surface area contributed by atoms with Gasteiger partial charge in [0.1, 0.15) is 11.4 Å². The van der Waals surface area contributed by atoms with E-state index in [2.05, 4.69) is 0 Å². The molecular weight excluding hydrogens is 328 g/mol. The van der Waals surface area contributed by atoms with Gasteiger partial charge in [0.25, 0.3) is 0 Å². The highest BCUT2D eigenvalue weighted by Gasteiger charge is 2.24. The minimum atomic E-state index is -0.328. The first-order valence-electron chi connectivity index (χ1n) is 8.63. The molecule has 2 aromatic carbocycles. The average molecular weight is 352 g/mol. The third-order valence-corrected chi connectivity index (χ3v) is 4.63. The predicted molar refractivity (Wildman–Crippen MR) is 102 cm³/mol. The Morgan fingerprint density at radius 1 is 1.04 bits per heavy atom. The van der Waals surface area contributed by atoms with Gasteiger partial charge in [0.15, 0.2) is 17.3 Å². The molecule has 1 aliphatic heterocycles. The molecule has 1 atom stereocenters. The smallest absolute Gasteiger partial charge is 0.170 e. The van der Waals surface area contributed by atoms with Crippen LogP contribution in [0.1, 0.15) is 48.2 Å². The van der Waals surface area contributed by atoms with E-state index in [-0.39, 0.29) is 17.3 Å². The van der Waals surface area contributed by atoms with Crippen LogP contribution >= 0.6 is 0 Å². The summed E-state index contributed by atoms with van der Waals surface area (Å²) in [5, 5.41) is 0. The van der Waals surface area contributed by atoms with Crippen LogP contribution in [0.15, 0.2) is 42.5 Å². The van der Waals surface area contributed by atoms with Crippen LogP contribution in [0, 0.1) is 0 Å². The van der Waals surface area contributed by atoms with Gasteiger partial charge in [0.2, 0.25) is 0 Å². The zero-order valence-corrected chi connectivity index (χ0v) is 15.8. The largest absolute Gasteiger partial charge is 0.493 e. The molecule has 0 unspecified atom stereocenters. The van der Waals surface area contributed by atoms with E-state index in [1.54, 1.807) is 14.2 Å². The predicted octanol–water partition coefficient (Wildman–Crippen LogP) is 4.87. The highest BCUT2D eigenvalue weighted by molar-refractivity contribution is 6.01. The van der Waals surface area contributed by atoms with E-state index in [9.17, 15) is 4.79 Å². The molecule has 0 spiro atoms. The van der Waals surface area contributed by atoms with Gasteiger partial charge in [-0.1, -0.05) is 19.1 Å². The fourth-order valence-electron chi connectivity index (χ4n) is 3.06. The van der Waals surface area contributed by atoms with Crippen molar-refractivity contribution in [1.82, 2.24) is 0 Å². The van der Waals surface area contributed by atoms with Gasteiger partial charge < -0.3 is 14.2 Å². The van der Waals surface area contributed by atoms with Gasteiger partial charge in [-0.05, 0) is 55.8 Å². The van der Waals surface area contributed by atoms with Crippen molar-refractivity contribution in [3.05, 3.63) is 59.2 Å². The number of benzene rings is 2. The lowest BCUT2D eigenvalue weighted by Gasteiger charge is -2.28. The van der Waals surface area contributed by atoms with Crippen molar-refractivity contribution < 1.29 is 19.0 Å². The SMILES string of the molecule is COc1ccc([C@H](C)C(=O)c2ccc3c(c2)C=CC(C)(C)O3)cc1OC. The Labute approximate surface area is 154 Å². The van der Waals surface area contributed by atoms with Crippen LogP contribution in [0.2, 0.25) is 0 Å². The van der Waals surface area contributed by atoms with Crippen molar-refractivity contribution in [2.24, 2.45) is 0 Å². The Morgan fingerprint density at radius 2 is 1.77 bits per heavy atom. The van der Waals surface area contributed by atoms with Crippen LogP contribution in [0.3, 0.4) is 0 Å². The first-order valence-corrected chi connectivity index (χ1v) is 8.63. The van der Waals surface area contributed by atoms with E-state index in [4.69, 9.17) is 14.2 Å². The summed E-state index contributed by atoms with van der Waals surface area (Å²) in [6.07, 6.45) is 4.01. The molecule has 3 rings (SSSR count). The highest BCUT2D eigenvalue weighted by Crippen LogP contribution is 2.34. The molecule has 0 radical (unpaired) electrons. The minimum Gasteiger partial charge on any atom is -0.493 e. The second kappa shape index (κ2) is 6.87. The first-order chi connectivity index (χ1) is 12.3. The monoisotopic (exact) mass is 352 g/mol. The quantitative estimate of drug-likeness (QED) is 0.720. The van der Waals surface area contributed by atoms with E-state index < -0.39 is 0 Å². The standard InChI is InChI=1S/C22H24O4/c1-14(15-6-9-19(24-4)20(13-15)25-5)21(23)17-7-8-18-16(12-17)10-11-22(2,3)26-18/h6-14H,1-5H3/t14-/m0/s1. The summed E-state index contributed by atoms with van der Waals surface area (Å²) < 4.78 is 16.5. The summed E-state index contributed by atoms with van der Waals surface area (Å²) in [6.45, 7) is 5.91. The topological polar surface area (TPSA) is 44.8 Å². The molecule has 4 nitrogen and oxygen atoms in total. The lowest BCUT2D eigenvalue weighted by atomic mass is 9.90. The molecule has 136 valence electrons. The van der Waals surface area contributed by atoms with Crippen molar-refractivity contribution in [1.29, 1.82) is 0 Å². The first kappa shape index (κ1) is 18.1. The molecule has 0 bridgehead atoms. The van der Waals surface area contributed by atoms with Crippen LogP contribution in [0.25, 0.3) is 6.08 Å². The fraction of sp³-hybridized carbons (Fsp3) is 0.318. The Kier molecular flexibility index (Phi) is 4.77. The van der Waals surface area contributed by atoms with E-state index in [1.165, 1.54) is 0 Å². The van der Waals surface area contributed by atoms with E-state index in [1.807, 2.05) is 69.3 Å². The molecule has 0 saturated carbocycles. The minimum absolute atomic E-state index is 0.0539. The van der Waals surface area contributed by atoms with Crippen LogP contribution < -0.4 is 14.2 Å². The Bertz CT molecular complexity index is 864. The molecule has 4 heteroatoms. The van der Waals surface area contributed by atoms with E-state index in [0.717, 1.165) is 16.9 Å². The van der Waals surface area contributed by atoms with Gasteiger partial charge in [0, 0.05) is 17.0 Å². The molecule has 1 aliphatic rings. The summed E-state index contributed by atoms with van der Waals surface area (Å²) in [7, 11) is 3.18. The maximum absolute atomic E-state index is 13.0. The molecule has 0 amide bonds. The number of ether oxygens (including phenoxy) is 3. The van der Waals surface area contributed by atoms with Gasteiger partial charge in [-0.2, -0.15) is 0 Å². The lowest BCUT2D eigenvalue weighted by molar-refractivity contribution is 0.0966. The Balaban J connectivity index is 1.88. The number of fused-ring (bicyclic) bond motifs is 1. The second-order valence-corrected chi connectivity index (χ2v) is 6.99. The number of ketones is 1. The van der Waals surface area contributed by atoms with Crippen LogP contribution in [-0.2, 0) is 0 Å². The summed E-state index contributed by atoms with van der Waals surface area (Å²) in [5.74, 6) is 1.83. The van der Waals surface area contributed by atoms with Gasteiger partial charge in [-0.25, -0.2) is 0 Å². The van der Waals surface area contributed by atoms with Crippen molar-refractivity contribution >= 4 is 11.9 Å². The molecule has 0 N–H and O–H groups in total. The third kappa shape index (κ3) is 3.45. The average Bonchev–Trinajstić information content (AvgIpc) is 2.65. The number of rotatable bonds is 5. The number of methoxy groups -OCH3 is 2. The molecule has 26 heavy (non-hydrogen) atoms. The van der Waals surface area contributed by atoms with E-state index in [0.29, 0.717) is 17.1 Å². The summed E-state index contributed by atoms with van der Waals surface area (Å²) in [6, 6.07) is 11.2. The Hall–Kier alpha value is -2.75. The van der Waals surface area contributed by atoms with Crippen LogP contribution in [0.4, 0.5) is 0 Å². The number of carbonyl (C=O) groups is 1. The molecule has 0 aromatic heterocycles. The van der Waals surface area contributed by atoms with E-state index >= 15 is 0 Å².